The van der Waals surface area contributed by atoms with Crippen molar-refractivity contribution in [2.75, 3.05) is 6.61 Å². The van der Waals surface area contributed by atoms with Gasteiger partial charge in [0, 0.05) is 13.3 Å². The highest BCUT2D eigenvalue weighted by molar-refractivity contribution is 5.69. The summed E-state index contributed by atoms with van der Waals surface area (Å²) in [5.41, 5.74) is 0.834. The molecular formula is C22H40O4. The van der Waals surface area contributed by atoms with E-state index >= 15 is 0 Å². The summed E-state index contributed by atoms with van der Waals surface area (Å²) in [7, 11) is 0. The molecule has 0 radical (unpaired) electrons. The molecule has 0 rings (SSSR count). The van der Waals surface area contributed by atoms with Crippen molar-refractivity contribution >= 4 is 11.9 Å². The molecule has 26 heavy (non-hydrogen) atoms. The van der Waals surface area contributed by atoms with Crippen molar-refractivity contribution in [1.82, 2.24) is 0 Å². The fourth-order valence-corrected chi connectivity index (χ4v) is 2.20. The van der Waals surface area contributed by atoms with Gasteiger partial charge in [0.05, 0.1) is 6.61 Å². The van der Waals surface area contributed by atoms with Crippen molar-refractivity contribution in [3.63, 3.8) is 0 Å². The van der Waals surface area contributed by atoms with Crippen LogP contribution in [0.2, 0.25) is 0 Å². The molecule has 0 N–H and O–H groups in total. The fraction of sp³-hybridized carbons (Fsp3) is 0.727. The molecule has 4 nitrogen and oxygen atoms in total. The van der Waals surface area contributed by atoms with Gasteiger partial charge in [-0.2, -0.15) is 0 Å². The molecule has 0 saturated heterocycles. The van der Waals surface area contributed by atoms with Crippen LogP contribution < -0.4 is 0 Å². The second-order valence-electron chi connectivity index (χ2n) is 6.67. The van der Waals surface area contributed by atoms with Crippen LogP contribution in [-0.4, -0.2) is 24.1 Å². The van der Waals surface area contributed by atoms with E-state index in [0.29, 0.717) is 13.0 Å². The van der Waals surface area contributed by atoms with Gasteiger partial charge in [-0.3, -0.25) is 9.59 Å². The summed E-state index contributed by atoms with van der Waals surface area (Å²) in [6, 6.07) is 0. The van der Waals surface area contributed by atoms with Gasteiger partial charge >= 0.3 is 11.9 Å². The Morgan fingerprint density at radius 1 is 1.08 bits per heavy atom. The Morgan fingerprint density at radius 2 is 1.73 bits per heavy atom. The van der Waals surface area contributed by atoms with Gasteiger partial charge in [-0.05, 0) is 52.5 Å². The van der Waals surface area contributed by atoms with Crippen LogP contribution in [0.15, 0.2) is 24.3 Å². The highest BCUT2D eigenvalue weighted by Crippen LogP contribution is 2.20. The third-order valence-corrected chi connectivity index (χ3v) is 4.04. The molecule has 1 unspecified atom stereocenters. The smallest absolute Gasteiger partial charge is 0.305 e. The first-order valence-corrected chi connectivity index (χ1v) is 9.89. The summed E-state index contributed by atoms with van der Waals surface area (Å²) in [6.07, 6.45) is 11.8. The van der Waals surface area contributed by atoms with E-state index in [2.05, 4.69) is 33.4 Å². The lowest BCUT2D eigenvalue weighted by atomic mass is 9.99. The summed E-state index contributed by atoms with van der Waals surface area (Å²) in [6.45, 7) is 15.8. The summed E-state index contributed by atoms with van der Waals surface area (Å²) < 4.78 is 10.00. The number of carbonyl (C=O) groups excluding carboxylic acids is 2. The van der Waals surface area contributed by atoms with Gasteiger partial charge in [-0.15, -0.1) is 0 Å². The first kappa shape index (κ1) is 26.6. The maximum Gasteiger partial charge on any atom is 0.305 e. The van der Waals surface area contributed by atoms with Crippen LogP contribution in [0.4, 0.5) is 0 Å². The van der Waals surface area contributed by atoms with Crippen molar-refractivity contribution in [2.24, 2.45) is 0 Å². The zero-order valence-corrected chi connectivity index (χ0v) is 17.9. The van der Waals surface area contributed by atoms with Gasteiger partial charge in [0.15, 0.2) is 0 Å². The molecule has 152 valence electrons. The summed E-state index contributed by atoms with van der Waals surface area (Å²) in [5.74, 6) is -0.308. The number of unbranched alkanes of at least 4 members (excludes halogenated alkanes) is 3. The minimum absolute atomic E-state index is 0.0522. The minimum atomic E-state index is -0.531. The molecule has 0 aromatic rings. The third-order valence-electron chi connectivity index (χ3n) is 4.04. The van der Waals surface area contributed by atoms with E-state index in [9.17, 15) is 9.59 Å². The van der Waals surface area contributed by atoms with Crippen LogP contribution in [-0.2, 0) is 19.1 Å². The minimum Gasteiger partial charge on any atom is -0.466 e. The highest BCUT2D eigenvalue weighted by Gasteiger charge is 2.22. The molecule has 0 saturated carbocycles. The third kappa shape index (κ3) is 17.2. The molecule has 0 amide bonds. The van der Waals surface area contributed by atoms with Crippen LogP contribution in [0.5, 0.6) is 0 Å². The maximum atomic E-state index is 10.9. The number of rotatable bonds is 12. The second-order valence-corrected chi connectivity index (χ2v) is 6.67. The Hall–Kier alpha value is -1.58. The zero-order chi connectivity index (χ0) is 20.4. The number of allylic oxidation sites excluding steroid dienone is 2. The number of hydrogen-bond donors (Lipinski definition) is 0. The fourth-order valence-electron chi connectivity index (χ4n) is 2.20. The van der Waals surface area contributed by atoms with Crippen LogP contribution in [0, 0.1) is 0 Å². The predicted octanol–water partition coefficient (Wildman–Crippen LogP) is 6.15. The average Bonchev–Trinajstić information content (AvgIpc) is 2.58. The van der Waals surface area contributed by atoms with E-state index in [-0.39, 0.29) is 11.9 Å². The first-order valence-electron chi connectivity index (χ1n) is 9.89. The maximum absolute atomic E-state index is 10.9. The molecule has 0 aromatic carbocycles. The zero-order valence-electron chi connectivity index (χ0n) is 17.9. The molecule has 0 aliphatic heterocycles. The summed E-state index contributed by atoms with van der Waals surface area (Å²) in [5, 5.41) is 0. The number of carbonyl (C=O) groups is 2. The molecule has 0 aliphatic carbocycles. The van der Waals surface area contributed by atoms with Crippen molar-refractivity contribution in [3.8, 4) is 0 Å². The van der Waals surface area contributed by atoms with Crippen LogP contribution in [0.1, 0.15) is 92.9 Å². The molecule has 0 bridgehead atoms. The molecule has 4 heteroatoms. The van der Waals surface area contributed by atoms with E-state index in [1.54, 1.807) is 6.08 Å². The molecule has 0 aromatic heterocycles. The Bertz CT molecular complexity index is 426. The molecule has 0 spiro atoms. The Labute approximate surface area is 161 Å². The molecule has 0 heterocycles. The molecule has 1 atom stereocenters. The lowest BCUT2D eigenvalue weighted by molar-refractivity contribution is -0.151. The quantitative estimate of drug-likeness (QED) is 0.235. The monoisotopic (exact) mass is 368 g/mol. The van der Waals surface area contributed by atoms with Crippen LogP contribution >= 0.6 is 0 Å². The standard InChI is InChI=1S/C13H22O2.C9H18O2/c1-6-11(3)9-8-10-13(5,7-2)15-12(4)14;1-3-5-6-7-8-9(10)11-4-2/h7,9H,2,6,8,10H2,1,3-5H3;3-8H2,1-2H3. The number of esters is 2. The van der Waals surface area contributed by atoms with Gasteiger partial charge < -0.3 is 9.47 Å². The Kier molecular flexibility index (Phi) is 17.3. The summed E-state index contributed by atoms with van der Waals surface area (Å²) in [4.78, 5) is 21.7. The van der Waals surface area contributed by atoms with Gasteiger partial charge in [-0.25, -0.2) is 0 Å². The van der Waals surface area contributed by atoms with Gasteiger partial charge in [0.25, 0.3) is 0 Å². The number of ether oxygens (including phenoxy) is 2. The normalized spacial score (nSPS) is 13.1. The van der Waals surface area contributed by atoms with E-state index in [1.807, 2.05) is 13.8 Å². The average molecular weight is 369 g/mol. The van der Waals surface area contributed by atoms with Crippen molar-refractivity contribution in [2.45, 2.75) is 98.5 Å². The Morgan fingerprint density at radius 3 is 2.19 bits per heavy atom. The van der Waals surface area contributed by atoms with Crippen LogP contribution in [0.25, 0.3) is 0 Å². The summed E-state index contributed by atoms with van der Waals surface area (Å²) >= 11 is 0. The molecule has 0 aliphatic rings. The Balaban J connectivity index is 0. The van der Waals surface area contributed by atoms with E-state index < -0.39 is 5.60 Å². The van der Waals surface area contributed by atoms with E-state index in [0.717, 1.165) is 32.1 Å². The van der Waals surface area contributed by atoms with E-state index in [1.165, 1.54) is 25.3 Å². The van der Waals surface area contributed by atoms with Gasteiger partial charge in [0.1, 0.15) is 5.60 Å². The van der Waals surface area contributed by atoms with Crippen molar-refractivity contribution in [3.05, 3.63) is 24.3 Å². The van der Waals surface area contributed by atoms with Crippen molar-refractivity contribution < 1.29 is 19.1 Å². The number of hydrogen-bond acceptors (Lipinski definition) is 4. The SMILES string of the molecule is C=CC(C)(CCC=C(C)CC)OC(C)=O.CCCCCCC(=O)OCC. The molecule has 0 fully saturated rings. The highest BCUT2D eigenvalue weighted by atomic mass is 16.6. The lowest BCUT2D eigenvalue weighted by Crippen LogP contribution is -2.27. The van der Waals surface area contributed by atoms with E-state index in [4.69, 9.17) is 9.47 Å². The first-order chi connectivity index (χ1) is 12.2. The predicted molar refractivity (Wildman–Crippen MR) is 109 cm³/mol. The second kappa shape index (κ2) is 16.9. The van der Waals surface area contributed by atoms with Crippen molar-refractivity contribution in [1.29, 1.82) is 0 Å². The van der Waals surface area contributed by atoms with Gasteiger partial charge in [0.2, 0.25) is 0 Å². The van der Waals surface area contributed by atoms with Crippen LogP contribution in [0.3, 0.4) is 0 Å². The topological polar surface area (TPSA) is 52.6 Å². The largest absolute Gasteiger partial charge is 0.466 e. The molecular weight excluding hydrogens is 328 g/mol. The van der Waals surface area contributed by atoms with Gasteiger partial charge in [-0.1, -0.05) is 51.3 Å². The lowest BCUT2D eigenvalue weighted by Gasteiger charge is -2.24.